The number of nitrogens with zero attached hydrogens (tertiary/aromatic N) is 5. The van der Waals surface area contributed by atoms with Crippen LogP contribution < -0.4 is 15.8 Å². The summed E-state index contributed by atoms with van der Waals surface area (Å²) in [6.45, 7) is 13.3. The number of likely N-dealkylation sites (tertiary alicyclic amines) is 1. The van der Waals surface area contributed by atoms with Crippen molar-refractivity contribution in [3.8, 4) is 11.1 Å². The highest BCUT2D eigenvalue weighted by atomic mass is 16.7. The fourth-order valence-corrected chi connectivity index (χ4v) is 9.39. The fraction of sp³-hybridized carbons (Fsp3) is 0.551. The fourth-order valence-electron chi connectivity index (χ4n) is 9.39. The number of nitrogens with one attached hydrogen (secondary N) is 1. The third kappa shape index (κ3) is 9.27. The van der Waals surface area contributed by atoms with E-state index < -0.39 is 11.2 Å². The molecule has 2 unspecified atom stereocenters. The Kier molecular flexibility index (Phi) is 11.9. The van der Waals surface area contributed by atoms with Gasteiger partial charge in [0, 0.05) is 74.5 Å². The first-order valence-electron chi connectivity index (χ1n) is 22.7. The van der Waals surface area contributed by atoms with Crippen LogP contribution in [0.3, 0.4) is 0 Å². The lowest BCUT2D eigenvalue weighted by atomic mass is 9.87. The number of hydrogen-bond acceptors (Lipinski definition) is 11. The van der Waals surface area contributed by atoms with Crippen LogP contribution in [-0.2, 0) is 31.6 Å². The van der Waals surface area contributed by atoms with Crippen molar-refractivity contribution in [1.82, 2.24) is 24.8 Å². The predicted octanol–water partition coefficient (Wildman–Crippen LogP) is 8.30. The predicted molar refractivity (Wildman–Crippen MR) is 239 cm³/mol. The molecule has 1 N–H and O–H groups in total. The summed E-state index contributed by atoms with van der Waals surface area (Å²) in [6, 6.07) is 18.5. The van der Waals surface area contributed by atoms with Crippen molar-refractivity contribution in [2.24, 2.45) is 13.0 Å². The van der Waals surface area contributed by atoms with Gasteiger partial charge in [0.2, 0.25) is 5.95 Å². The van der Waals surface area contributed by atoms with Crippen molar-refractivity contribution in [3.05, 3.63) is 88.7 Å². The number of benzene rings is 2. The van der Waals surface area contributed by atoms with Crippen LogP contribution in [0.15, 0.2) is 76.3 Å². The highest BCUT2D eigenvalue weighted by Gasteiger charge is 2.45. The number of furan rings is 1. The van der Waals surface area contributed by atoms with Crippen LogP contribution in [0, 0.1) is 5.92 Å². The van der Waals surface area contributed by atoms with E-state index in [0.29, 0.717) is 24.1 Å². The average molecular weight is 847 g/mol. The molecule has 3 aromatic heterocycles. The Labute approximate surface area is 364 Å². The number of amides is 1. The number of carbonyl (C=O) groups excluding carboxylic acids is 1. The molecule has 1 aliphatic carbocycles. The number of anilines is 1. The van der Waals surface area contributed by atoms with Crippen LogP contribution in [0.1, 0.15) is 96.7 Å². The minimum absolute atomic E-state index is 0.0634. The van der Waals surface area contributed by atoms with Gasteiger partial charge in [-0.2, -0.15) is 0 Å². The Morgan fingerprint density at radius 2 is 1.71 bits per heavy atom. The summed E-state index contributed by atoms with van der Waals surface area (Å²) in [4.78, 5) is 41.4. The normalized spacial score (nSPS) is 21.2. The summed E-state index contributed by atoms with van der Waals surface area (Å²) < 4.78 is 33.0. The zero-order valence-electron chi connectivity index (χ0n) is 37.0. The largest absolute Gasteiger partial charge is 0.458 e. The highest BCUT2D eigenvalue weighted by molar-refractivity contribution is 5.96. The van der Waals surface area contributed by atoms with Gasteiger partial charge in [-0.05, 0) is 121 Å². The van der Waals surface area contributed by atoms with E-state index in [-0.39, 0.29) is 36.2 Å². The number of hydrogen-bond donors (Lipinski definition) is 1. The topological polar surface area (TPSA) is 133 Å². The minimum atomic E-state index is -1.06. The van der Waals surface area contributed by atoms with E-state index in [2.05, 4.69) is 64.5 Å². The summed E-state index contributed by atoms with van der Waals surface area (Å²) in [5.74, 6) is 1.23. The number of rotatable bonds is 12. The molecule has 13 heteroatoms. The highest BCUT2D eigenvalue weighted by Crippen LogP contribution is 2.44. The van der Waals surface area contributed by atoms with Gasteiger partial charge in [0.15, 0.2) is 17.5 Å². The van der Waals surface area contributed by atoms with Gasteiger partial charge < -0.3 is 43.0 Å². The van der Waals surface area contributed by atoms with Crippen LogP contribution in [0.25, 0.3) is 33.0 Å². The van der Waals surface area contributed by atoms with Crippen molar-refractivity contribution in [2.45, 2.75) is 115 Å². The van der Waals surface area contributed by atoms with E-state index in [4.69, 9.17) is 33.3 Å². The van der Waals surface area contributed by atoms with Gasteiger partial charge in [-0.15, -0.1) is 0 Å². The van der Waals surface area contributed by atoms with Gasteiger partial charge in [-0.1, -0.05) is 36.4 Å². The molecular weight excluding hydrogens is 785 g/mol. The molecule has 13 nitrogen and oxygen atoms in total. The number of carbonyl (C=O) groups is 1. The van der Waals surface area contributed by atoms with Crippen LogP contribution in [-0.4, -0.2) is 95.0 Å². The monoisotopic (exact) mass is 846 g/mol. The molecule has 0 radical (unpaired) electrons. The number of fused-ring (bicyclic) bond motifs is 2. The van der Waals surface area contributed by atoms with Crippen LogP contribution >= 0.6 is 0 Å². The van der Waals surface area contributed by atoms with Gasteiger partial charge in [-0.3, -0.25) is 4.79 Å². The molecule has 2 atom stereocenters. The summed E-state index contributed by atoms with van der Waals surface area (Å²) in [5.41, 5.74) is 2.64. The van der Waals surface area contributed by atoms with Gasteiger partial charge in [-0.25, -0.2) is 14.8 Å². The van der Waals surface area contributed by atoms with Gasteiger partial charge >= 0.3 is 6.09 Å². The molecule has 4 aliphatic rings. The van der Waals surface area contributed by atoms with E-state index in [1.807, 2.05) is 39.1 Å². The summed E-state index contributed by atoms with van der Waals surface area (Å²) in [5, 5.41) is 4.77. The lowest BCUT2D eigenvalue weighted by molar-refractivity contribution is -0.197. The number of aromatic nitrogens is 3. The second-order valence-corrected chi connectivity index (χ2v) is 19.3. The lowest BCUT2D eigenvalue weighted by Gasteiger charge is -2.42. The van der Waals surface area contributed by atoms with E-state index in [1.165, 1.54) is 0 Å². The first kappa shape index (κ1) is 42.5. The second kappa shape index (κ2) is 17.4. The Morgan fingerprint density at radius 3 is 2.42 bits per heavy atom. The standard InChI is InChI=1S/C49H62N6O7/c1-47(2,3)62-46(57)52-48(4)21-25-54(26-22-48)30-33-18-23-55(24-19-33)45-50-40-17-14-34(39-31-53(5)44(56)42-37(39)20-28-59-42)29-38(40)43(51-45)49(61-36-15-16-36,35-11-7-6-8-12-35)32-60-41-13-9-10-27-58-41/h6-8,11-12,14,17,20,28-29,31,33,36,41H,9-10,13,15-16,18-19,21-27,30,32H2,1-5H3,(H,52,57). The molecule has 0 spiro atoms. The Morgan fingerprint density at radius 1 is 0.935 bits per heavy atom. The quantitative estimate of drug-likeness (QED) is 0.130. The van der Waals surface area contributed by atoms with Crippen LogP contribution in [0.4, 0.5) is 10.7 Å². The number of pyridine rings is 1. The summed E-state index contributed by atoms with van der Waals surface area (Å²) in [6.07, 6.45) is 11.5. The SMILES string of the molecule is Cn1cc(-c2ccc3nc(N4CCC(CN5CCC(C)(NC(=O)OC(C)(C)C)CC5)CC4)nc(C(COC4CCCCO4)(OC4CC4)c4ccccc4)c3c2)c2ccoc2c1=O. The summed E-state index contributed by atoms with van der Waals surface area (Å²) in [7, 11) is 1.75. The molecular formula is C49H62N6O7. The third-order valence-electron chi connectivity index (χ3n) is 13.1. The van der Waals surface area contributed by atoms with E-state index in [9.17, 15) is 9.59 Å². The van der Waals surface area contributed by atoms with Crippen molar-refractivity contribution in [2.75, 3.05) is 50.8 Å². The maximum absolute atomic E-state index is 13.0. The smallest absolute Gasteiger partial charge is 0.408 e. The first-order valence-corrected chi connectivity index (χ1v) is 22.7. The van der Waals surface area contributed by atoms with Gasteiger partial charge in [0.1, 0.15) is 5.60 Å². The minimum Gasteiger partial charge on any atom is -0.458 e. The van der Waals surface area contributed by atoms with Crippen molar-refractivity contribution in [3.63, 3.8) is 0 Å². The molecule has 2 aromatic carbocycles. The van der Waals surface area contributed by atoms with Crippen molar-refractivity contribution >= 4 is 33.9 Å². The summed E-state index contributed by atoms with van der Waals surface area (Å²) >= 11 is 0. The zero-order valence-corrected chi connectivity index (χ0v) is 37.0. The third-order valence-corrected chi connectivity index (χ3v) is 13.1. The molecule has 5 aromatic rings. The lowest BCUT2D eigenvalue weighted by Crippen LogP contribution is -2.55. The van der Waals surface area contributed by atoms with E-state index in [0.717, 1.165) is 129 Å². The molecule has 3 aliphatic heterocycles. The molecule has 0 bridgehead atoms. The van der Waals surface area contributed by atoms with E-state index >= 15 is 0 Å². The molecule has 9 rings (SSSR count). The van der Waals surface area contributed by atoms with Crippen molar-refractivity contribution < 1.29 is 28.2 Å². The first-order chi connectivity index (χ1) is 29.8. The number of aryl methyl sites for hydroxylation is 1. The second-order valence-electron chi connectivity index (χ2n) is 19.3. The molecule has 3 saturated heterocycles. The average Bonchev–Trinajstić information content (AvgIpc) is 3.94. The van der Waals surface area contributed by atoms with Crippen LogP contribution in [0.2, 0.25) is 0 Å². The van der Waals surface area contributed by atoms with Crippen LogP contribution in [0.5, 0.6) is 0 Å². The maximum Gasteiger partial charge on any atom is 0.408 e. The van der Waals surface area contributed by atoms with Gasteiger partial charge in [0.05, 0.1) is 30.2 Å². The molecule has 330 valence electrons. The Balaban J connectivity index is 1.03. The number of alkyl carbamates (subject to hydrolysis) is 1. The van der Waals surface area contributed by atoms with E-state index in [1.54, 1.807) is 17.9 Å². The van der Waals surface area contributed by atoms with Gasteiger partial charge in [0.25, 0.3) is 5.56 Å². The Hall–Kier alpha value is -4.82. The molecule has 4 fully saturated rings. The molecule has 62 heavy (non-hydrogen) atoms. The molecule has 1 saturated carbocycles. The molecule has 1 amide bonds. The van der Waals surface area contributed by atoms with Crippen molar-refractivity contribution in [1.29, 1.82) is 0 Å². The molecule has 6 heterocycles. The zero-order chi connectivity index (χ0) is 43.1. The Bertz CT molecular complexity index is 2420. The number of ether oxygens (including phenoxy) is 4. The maximum atomic E-state index is 13.0. The number of piperidine rings is 2.